The zero-order valence-corrected chi connectivity index (χ0v) is 14.1. The van der Waals surface area contributed by atoms with E-state index in [9.17, 15) is 4.79 Å². The molecule has 0 atom stereocenters. The van der Waals surface area contributed by atoms with Crippen LogP contribution in [-0.2, 0) is 13.5 Å². The number of halogens is 2. The van der Waals surface area contributed by atoms with Gasteiger partial charge in [-0.3, -0.25) is 9.48 Å². The number of hydrogen-bond donors (Lipinski definition) is 1. The molecule has 0 saturated carbocycles. The number of nitrogens with zero attached hydrogens (tertiary/aromatic N) is 2. The highest BCUT2D eigenvalue weighted by Crippen LogP contribution is 2.18. The molecular weight excluding hydrogens is 362 g/mol. The van der Waals surface area contributed by atoms with E-state index >= 15 is 0 Å². The molecule has 0 aromatic carbocycles. The second-order valence-electron chi connectivity index (χ2n) is 4.37. The smallest absolute Gasteiger partial charge is 0.255 e. The lowest BCUT2D eigenvalue weighted by atomic mass is 10.0. The largest absolute Gasteiger partial charge is 0.345 e. The van der Waals surface area contributed by atoms with Gasteiger partial charge >= 0.3 is 0 Å². The molecule has 1 N–H and O–H groups in total. The second kappa shape index (κ2) is 6.70. The van der Waals surface area contributed by atoms with E-state index in [1.165, 1.54) is 0 Å². The molecule has 0 saturated heterocycles. The van der Waals surface area contributed by atoms with Crippen molar-refractivity contribution in [1.82, 2.24) is 15.1 Å². The molecule has 0 spiro atoms. The maximum atomic E-state index is 12.3. The van der Waals surface area contributed by atoms with Gasteiger partial charge in [-0.05, 0) is 12.8 Å². The van der Waals surface area contributed by atoms with E-state index in [1.54, 1.807) is 10.9 Å². The van der Waals surface area contributed by atoms with Crippen molar-refractivity contribution in [3.63, 3.8) is 0 Å². The summed E-state index contributed by atoms with van der Waals surface area (Å²) in [5.74, 6) is -0.0549. The third-order valence-corrected chi connectivity index (χ3v) is 5.20. The van der Waals surface area contributed by atoms with Crippen LogP contribution in [0.1, 0.15) is 36.3 Å². The molecule has 0 fully saturated rings. The average Bonchev–Trinajstić information content (AvgIpc) is 2.77. The van der Waals surface area contributed by atoms with Gasteiger partial charge in [-0.25, -0.2) is 0 Å². The summed E-state index contributed by atoms with van der Waals surface area (Å²) in [6.45, 7) is 4.06. The Labute approximate surface area is 125 Å². The molecule has 0 radical (unpaired) electrons. The van der Waals surface area contributed by atoms with Crippen LogP contribution in [0.4, 0.5) is 0 Å². The van der Waals surface area contributed by atoms with E-state index in [1.807, 2.05) is 14.0 Å². The van der Waals surface area contributed by atoms with E-state index in [4.69, 9.17) is 0 Å². The first-order chi connectivity index (χ1) is 8.51. The van der Waals surface area contributed by atoms with Gasteiger partial charge in [0.1, 0.15) is 0 Å². The van der Waals surface area contributed by atoms with Crippen LogP contribution in [0.5, 0.6) is 0 Å². The molecule has 0 aliphatic rings. The molecule has 0 aliphatic carbocycles. The summed E-state index contributed by atoms with van der Waals surface area (Å²) >= 11 is 6.94. The highest BCUT2D eigenvalue weighted by atomic mass is 79.9. The number of hydrogen-bond acceptors (Lipinski definition) is 2. The summed E-state index contributed by atoms with van der Waals surface area (Å²) in [5.41, 5.74) is 1.25. The lowest BCUT2D eigenvalue weighted by Gasteiger charge is -2.29. The summed E-state index contributed by atoms with van der Waals surface area (Å²) in [6.07, 6.45) is 3.39. The zero-order valence-electron chi connectivity index (χ0n) is 11.0. The first-order valence-electron chi connectivity index (χ1n) is 5.98. The van der Waals surface area contributed by atoms with E-state index in [-0.39, 0.29) is 11.4 Å². The molecular formula is C12H19Br2N3O. The predicted molar refractivity (Wildman–Crippen MR) is 80.7 cm³/mol. The Morgan fingerprint density at radius 1 is 1.44 bits per heavy atom. The molecule has 1 heterocycles. The number of alkyl halides is 2. The van der Waals surface area contributed by atoms with Gasteiger partial charge in [-0.1, -0.05) is 45.7 Å². The maximum Gasteiger partial charge on any atom is 0.255 e. The third kappa shape index (κ3) is 3.35. The highest BCUT2D eigenvalue weighted by molar-refractivity contribution is 9.09. The maximum absolute atomic E-state index is 12.3. The molecule has 1 rings (SSSR count). The van der Waals surface area contributed by atoms with Crippen LogP contribution in [0.15, 0.2) is 6.20 Å². The first kappa shape index (κ1) is 15.7. The molecule has 1 aromatic heterocycles. The van der Waals surface area contributed by atoms with Gasteiger partial charge in [-0.15, -0.1) is 0 Å². The molecule has 4 nitrogen and oxygen atoms in total. The summed E-state index contributed by atoms with van der Waals surface area (Å²) in [4.78, 5) is 12.3. The minimum Gasteiger partial charge on any atom is -0.345 e. The Morgan fingerprint density at radius 2 is 2.06 bits per heavy atom. The number of nitrogens with one attached hydrogen (secondary N) is 1. The summed E-state index contributed by atoms with van der Waals surface area (Å²) in [6, 6.07) is 0. The number of amides is 1. The van der Waals surface area contributed by atoms with E-state index < -0.39 is 0 Å². The zero-order chi connectivity index (χ0) is 13.8. The van der Waals surface area contributed by atoms with Crippen LogP contribution in [-0.4, -0.2) is 31.9 Å². The molecule has 1 amide bonds. The van der Waals surface area contributed by atoms with Crippen molar-refractivity contribution in [3.05, 3.63) is 17.5 Å². The molecule has 102 valence electrons. The summed E-state index contributed by atoms with van der Waals surface area (Å²) in [7, 11) is 1.83. The molecule has 0 bridgehead atoms. The lowest BCUT2D eigenvalue weighted by Crippen LogP contribution is -2.51. The van der Waals surface area contributed by atoms with Gasteiger partial charge in [0.2, 0.25) is 0 Å². The van der Waals surface area contributed by atoms with E-state index in [0.717, 1.165) is 29.2 Å². The first-order valence-corrected chi connectivity index (χ1v) is 8.23. The van der Waals surface area contributed by atoms with Crippen LogP contribution in [0.3, 0.4) is 0 Å². The van der Waals surface area contributed by atoms with Crippen LogP contribution >= 0.6 is 31.9 Å². The lowest BCUT2D eigenvalue weighted by molar-refractivity contribution is 0.0914. The monoisotopic (exact) mass is 379 g/mol. The van der Waals surface area contributed by atoms with Crippen molar-refractivity contribution in [2.24, 2.45) is 7.05 Å². The summed E-state index contributed by atoms with van der Waals surface area (Å²) < 4.78 is 1.68. The Hall–Kier alpha value is -0.360. The summed E-state index contributed by atoms with van der Waals surface area (Å²) in [5, 5.41) is 8.82. The van der Waals surface area contributed by atoms with Crippen molar-refractivity contribution < 1.29 is 4.79 Å². The Bertz CT molecular complexity index is 405. The average molecular weight is 381 g/mol. The number of carbonyl (C=O) groups excluding carboxylic acids is 1. The highest BCUT2D eigenvalue weighted by Gasteiger charge is 2.29. The van der Waals surface area contributed by atoms with Gasteiger partial charge in [0.05, 0.1) is 16.8 Å². The Morgan fingerprint density at radius 3 is 2.50 bits per heavy atom. The predicted octanol–water partition coefficient (Wildman–Crippen LogP) is 2.65. The Kier molecular flexibility index (Phi) is 5.85. The fraction of sp³-hybridized carbons (Fsp3) is 0.667. The van der Waals surface area contributed by atoms with Gasteiger partial charge in [-0.2, -0.15) is 5.10 Å². The van der Waals surface area contributed by atoms with Crippen LogP contribution in [0.2, 0.25) is 0 Å². The SMILES string of the molecule is CCc1nn(C)cc1C(=O)NC(CC)(CBr)CBr. The van der Waals surface area contributed by atoms with Crippen LogP contribution in [0, 0.1) is 0 Å². The van der Waals surface area contributed by atoms with Gasteiger partial charge in [0, 0.05) is 23.9 Å². The number of carbonyl (C=O) groups is 1. The minimum absolute atomic E-state index is 0.0549. The van der Waals surface area contributed by atoms with Crippen molar-refractivity contribution in [1.29, 1.82) is 0 Å². The normalized spacial score (nSPS) is 11.6. The van der Waals surface area contributed by atoms with E-state index in [2.05, 4.69) is 49.2 Å². The van der Waals surface area contributed by atoms with E-state index in [0.29, 0.717) is 5.56 Å². The van der Waals surface area contributed by atoms with Crippen LogP contribution < -0.4 is 5.32 Å². The van der Waals surface area contributed by atoms with Gasteiger partial charge < -0.3 is 5.32 Å². The molecule has 0 aliphatic heterocycles. The Balaban J connectivity index is 2.93. The molecule has 0 unspecified atom stereocenters. The molecule has 6 heteroatoms. The van der Waals surface area contributed by atoms with Gasteiger partial charge in [0.15, 0.2) is 0 Å². The topological polar surface area (TPSA) is 46.9 Å². The standard InChI is InChI=1S/C12H19Br2N3O/c1-4-10-9(6-17(3)16-10)11(18)15-12(5-2,7-13)8-14/h6H,4-5,7-8H2,1-3H3,(H,15,18). The van der Waals surface area contributed by atoms with Crippen LogP contribution in [0.25, 0.3) is 0 Å². The number of aromatic nitrogens is 2. The third-order valence-electron chi connectivity index (χ3n) is 3.05. The molecule has 1 aromatic rings. The fourth-order valence-corrected chi connectivity index (χ4v) is 3.68. The van der Waals surface area contributed by atoms with Crippen molar-refractivity contribution in [3.8, 4) is 0 Å². The van der Waals surface area contributed by atoms with Gasteiger partial charge in [0.25, 0.3) is 5.91 Å². The second-order valence-corrected chi connectivity index (χ2v) is 5.49. The quantitative estimate of drug-likeness (QED) is 0.771. The fourth-order valence-electron chi connectivity index (χ4n) is 1.67. The van der Waals surface area contributed by atoms with Crippen molar-refractivity contribution in [2.45, 2.75) is 32.2 Å². The molecule has 18 heavy (non-hydrogen) atoms. The number of aryl methyl sites for hydroxylation is 2. The number of rotatable bonds is 6. The van der Waals surface area contributed by atoms with Crippen molar-refractivity contribution >= 4 is 37.8 Å². The minimum atomic E-state index is -0.252. The van der Waals surface area contributed by atoms with Crippen molar-refractivity contribution in [2.75, 3.05) is 10.7 Å².